The second-order valence-corrected chi connectivity index (χ2v) is 6.63. The van der Waals surface area contributed by atoms with E-state index in [0.29, 0.717) is 35.9 Å². The topological polar surface area (TPSA) is 78.3 Å². The number of fused-ring (bicyclic) bond motifs is 1. The van der Waals surface area contributed by atoms with E-state index in [1.807, 2.05) is 41.9 Å². The van der Waals surface area contributed by atoms with Gasteiger partial charge >= 0.3 is 0 Å². The Balaban J connectivity index is 1.67. The Kier molecular flexibility index (Phi) is 4.77. The van der Waals surface area contributed by atoms with Crippen molar-refractivity contribution in [1.29, 1.82) is 0 Å². The molecule has 1 aromatic carbocycles. The molecular formula is C20H22N4O3. The summed E-state index contributed by atoms with van der Waals surface area (Å²) in [6.07, 6.45) is 3.42. The molecule has 1 amide bonds. The van der Waals surface area contributed by atoms with Gasteiger partial charge in [-0.05, 0) is 50.1 Å². The summed E-state index contributed by atoms with van der Waals surface area (Å²) in [5.41, 5.74) is 2.80. The van der Waals surface area contributed by atoms with Crippen LogP contribution in [0.25, 0.3) is 10.9 Å². The van der Waals surface area contributed by atoms with E-state index in [0.717, 1.165) is 23.9 Å². The van der Waals surface area contributed by atoms with E-state index in [2.05, 4.69) is 15.4 Å². The van der Waals surface area contributed by atoms with Gasteiger partial charge in [0.05, 0.1) is 24.5 Å². The summed E-state index contributed by atoms with van der Waals surface area (Å²) >= 11 is 0. The van der Waals surface area contributed by atoms with Crippen LogP contribution >= 0.6 is 0 Å². The Hall–Kier alpha value is -2.93. The van der Waals surface area contributed by atoms with Crippen LogP contribution < -0.4 is 10.1 Å². The molecule has 1 saturated heterocycles. The van der Waals surface area contributed by atoms with E-state index in [4.69, 9.17) is 9.47 Å². The maximum Gasteiger partial charge on any atom is 0.273 e. The van der Waals surface area contributed by atoms with E-state index < -0.39 is 0 Å². The van der Waals surface area contributed by atoms with Crippen molar-refractivity contribution in [2.75, 3.05) is 25.6 Å². The van der Waals surface area contributed by atoms with Gasteiger partial charge in [0, 0.05) is 24.8 Å². The molecule has 27 heavy (non-hydrogen) atoms. The van der Waals surface area contributed by atoms with Crippen molar-refractivity contribution in [2.45, 2.75) is 25.8 Å². The highest BCUT2D eigenvalue weighted by Crippen LogP contribution is 2.30. The van der Waals surface area contributed by atoms with Crippen LogP contribution in [0, 0.1) is 6.92 Å². The fourth-order valence-corrected chi connectivity index (χ4v) is 3.50. The lowest BCUT2D eigenvalue weighted by molar-refractivity contribution is 0.0646. The highest BCUT2D eigenvalue weighted by atomic mass is 16.5. The minimum Gasteiger partial charge on any atom is -0.494 e. The lowest BCUT2D eigenvalue weighted by Gasteiger charge is -2.24. The van der Waals surface area contributed by atoms with Crippen LogP contribution in [-0.2, 0) is 4.74 Å². The number of ether oxygens (including phenoxy) is 2. The summed E-state index contributed by atoms with van der Waals surface area (Å²) in [6.45, 7) is 3.29. The average Bonchev–Trinajstić information content (AvgIpc) is 3.11. The van der Waals surface area contributed by atoms with Gasteiger partial charge in [0.15, 0.2) is 0 Å². The van der Waals surface area contributed by atoms with Gasteiger partial charge in [-0.3, -0.25) is 14.5 Å². The first-order chi connectivity index (χ1) is 13.2. The summed E-state index contributed by atoms with van der Waals surface area (Å²) in [6, 6.07) is 9.42. The van der Waals surface area contributed by atoms with Crippen LogP contribution in [0.5, 0.6) is 5.75 Å². The molecule has 0 atom stereocenters. The summed E-state index contributed by atoms with van der Waals surface area (Å²) in [4.78, 5) is 17.4. The molecule has 4 rings (SSSR count). The van der Waals surface area contributed by atoms with Crippen LogP contribution in [0.3, 0.4) is 0 Å². The van der Waals surface area contributed by atoms with Gasteiger partial charge in [-0.25, -0.2) is 0 Å². The number of nitrogens with one attached hydrogen (secondary N) is 1. The number of nitrogens with zero attached hydrogens (tertiary/aromatic N) is 3. The maximum atomic E-state index is 13.0. The lowest BCUT2D eigenvalue weighted by Crippen LogP contribution is -2.25. The molecule has 0 unspecified atom stereocenters. The van der Waals surface area contributed by atoms with Gasteiger partial charge in [-0.2, -0.15) is 5.10 Å². The number of methoxy groups -OCH3 is 1. The Morgan fingerprint density at radius 3 is 2.89 bits per heavy atom. The minimum absolute atomic E-state index is 0.183. The molecule has 0 aliphatic carbocycles. The van der Waals surface area contributed by atoms with Crippen molar-refractivity contribution >= 4 is 22.5 Å². The minimum atomic E-state index is -0.183. The number of hydrogen-bond donors (Lipinski definition) is 1. The number of anilines is 1. The molecule has 0 bridgehead atoms. The molecule has 2 aromatic heterocycles. The van der Waals surface area contributed by atoms with Crippen molar-refractivity contribution in [1.82, 2.24) is 14.8 Å². The van der Waals surface area contributed by atoms with Gasteiger partial charge in [-0.15, -0.1) is 0 Å². The molecular weight excluding hydrogens is 344 g/mol. The third-order valence-corrected chi connectivity index (χ3v) is 4.83. The molecule has 7 nitrogen and oxygen atoms in total. The maximum absolute atomic E-state index is 13.0. The van der Waals surface area contributed by atoms with Gasteiger partial charge in [0.25, 0.3) is 5.91 Å². The molecule has 1 fully saturated rings. The summed E-state index contributed by atoms with van der Waals surface area (Å²) in [5.74, 6) is 0.490. The van der Waals surface area contributed by atoms with Crippen LogP contribution in [-0.4, -0.2) is 41.0 Å². The van der Waals surface area contributed by atoms with E-state index >= 15 is 0 Å². The molecule has 3 heterocycles. The summed E-state index contributed by atoms with van der Waals surface area (Å²) in [5, 5.41) is 8.41. The smallest absolute Gasteiger partial charge is 0.273 e. The number of carbonyl (C=O) groups excluding carboxylic acids is 1. The Morgan fingerprint density at radius 2 is 2.11 bits per heavy atom. The summed E-state index contributed by atoms with van der Waals surface area (Å²) in [7, 11) is 1.61. The van der Waals surface area contributed by atoms with Gasteiger partial charge in [0.2, 0.25) is 0 Å². The first-order valence-corrected chi connectivity index (χ1v) is 9.04. The fraction of sp³-hybridized carbons (Fsp3) is 0.350. The van der Waals surface area contributed by atoms with Crippen molar-refractivity contribution in [3.8, 4) is 5.75 Å². The Bertz CT molecular complexity index is 977. The molecule has 0 spiro atoms. The number of pyridine rings is 1. The predicted octanol–water partition coefficient (Wildman–Crippen LogP) is 3.35. The molecule has 7 heteroatoms. The SMILES string of the molecule is COc1ccc(NC(=O)c2cc(C)nn2C2CCOCC2)c2cccnc12. The number of aryl methyl sites for hydroxylation is 1. The van der Waals surface area contributed by atoms with Crippen molar-refractivity contribution < 1.29 is 14.3 Å². The van der Waals surface area contributed by atoms with Crippen LogP contribution in [0.15, 0.2) is 36.5 Å². The lowest BCUT2D eigenvalue weighted by atomic mass is 10.1. The number of carbonyl (C=O) groups is 1. The third kappa shape index (κ3) is 3.38. The number of aromatic nitrogens is 3. The monoisotopic (exact) mass is 366 g/mol. The zero-order valence-corrected chi connectivity index (χ0v) is 15.4. The molecule has 1 N–H and O–H groups in total. The quantitative estimate of drug-likeness (QED) is 0.766. The van der Waals surface area contributed by atoms with Crippen LogP contribution in [0.2, 0.25) is 0 Å². The molecule has 3 aromatic rings. The predicted molar refractivity (Wildman–Crippen MR) is 102 cm³/mol. The zero-order valence-electron chi connectivity index (χ0n) is 15.4. The second kappa shape index (κ2) is 7.36. The van der Waals surface area contributed by atoms with E-state index in [1.54, 1.807) is 13.3 Å². The Morgan fingerprint density at radius 1 is 1.30 bits per heavy atom. The fourth-order valence-electron chi connectivity index (χ4n) is 3.50. The molecule has 0 saturated carbocycles. The molecule has 140 valence electrons. The zero-order chi connectivity index (χ0) is 18.8. The summed E-state index contributed by atoms with van der Waals surface area (Å²) < 4.78 is 12.7. The highest BCUT2D eigenvalue weighted by molar-refractivity contribution is 6.08. The van der Waals surface area contributed by atoms with Crippen molar-refractivity contribution in [3.05, 3.63) is 47.9 Å². The Labute approximate surface area is 157 Å². The average molecular weight is 366 g/mol. The van der Waals surface area contributed by atoms with E-state index in [9.17, 15) is 4.79 Å². The molecule has 0 radical (unpaired) electrons. The normalized spacial score (nSPS) is 15.0. The largest absolute Gasteiger partial charge is 0.494 e. The highest BCUT2D eigenvalue weighted by Gasteiger charge is 2.23. The van der Waals surface area contributed by atoms with E-state index in [-0.39, 0.29) is 11.9 Å². The van der Waals surface area contributed by atoms with Gasteiger partial charge < -0.3 is 14.8 Å². The van der Waals surface area contributed by atoms with Crippen LogP contribution in [0.1, 0.15) is 35.1 Å². The second-order valence-electron chi connectivity index (χ2n) is 6.63. The van der Waals surface area contributed by atoms with Crippen molar-refractivity contribution in [3.63, 3.8) is 0 Å². The number of amides is 1. The van der Waals surface area contributed by atoms with Crippen molar-refractivity contribution in [2.24, 2.45) is 0 Å². The first kappa shape index (κ1) is 17.5. The molecule has 1 aliphatic rings. The standard InChI is InChI=1S/C20H22N4O3/c1-13-12-17(24(23-13)14-7-10-27-11-8-14)20(25)22-16-5-6-18(26-2)19-15(16)4-3-9-21-19/h3-6,9,12,14H,7-8,10-11H2,1-2H3,(H,22,25). The van der Waals surface area contributed by atoms with Gasteiger partial charge in [-0.1, -0.05) is 0 Å². The van der Waals surface area contributed by atoms with Gasteiger partial charge in [0.1, 0.15) is 17.0 Å². The number of benzene rings is 1. The first-order valence-electron chi connectivity index (χ1n) is 9.04. The third-order valence-electron chi connectivity index (χ3n) is 4.83. The number of rotatable bonds is 4. The molecule has 1 aliphatic heterocycles. The number of hydrogen-bond acceptors (Lipinski definition) is 5. The van der Waals surface area contributed by atoms with E-state index in [1.165, 1.54) is 0 Å². The van der Waals surface area contributed by atoms with Crippen LogP contribution in [0.4, 0.5) is 5.69 Å².